The van der Waals surface area contributed by atoms with Crippen molar-refractivity contribution in [2.24, 2.45) is 29.6 Å². The molecule has 3 saturated carbocycles. The third-order valence-electron chi connectivity index (χ3n) is 5.79. The average molecular weight is 232 g/mol. The Labute approximate surface area is 105 Å². The number of carbonyl (C=O) groups is 1. The molecule has 0 saturated heterocycles. The predicted molar refractivity (Wildman–Crippen MR) is 69.6 cm³/mol. The maximum absolute atomic E-state index is 12.3. The summed E-state index contributed by atoms with van der Waals surface area (Å²) >= 11 is 0. The first-order chi connectivity index (χ1) is 8.18. The van der Waals surface area contributed by atoms with Gasteiger partial charge in [-0.15, -0.1) is 0 Å². The maximum atomic E-state index is 12.3. The van der Waals surface area contributed by atoms with E-state index in [1.54, 1.807) is 0 Å². The van der Waals surface area contributed by atoms with Crippen molar-refractivity contribution in [1.29, 1.82) is 0 Å². The molecule has 0 heterocycles. The minimum absolute atomic E-state index is 0.329. The fourth-order valence-corrected chi connectivity index (χ4v) is 4.92. The van der Waals surface area contributed by atoms with Gasteiger partial charge in [-0.05, 0) is 54.9 Å². The van der Waals surface area contributed by atoms with Gasteiger partial charge in [0.1, 0.15) is 0 Å². The highest BCUT2D eigenvalue weighted by molar-refractivity contribution is 5.97. The van der Waals surface area contributed by atoms with E-state index in [9.17, 15) is 4.79 Å². The minimum Gasteiger partial charge on any atom is -0.294 e. The van der Waals surface area contributed by atoms with Gasteiger partial charge in [-0.1, -0.05) is 32.8 Å². The number of rotatable bonds is 0. The maximum Gasteiger partial charge on any atom is 0.161 e. The number of Topliss-reactive ketones (excluding diaryl/α,β-unsaturated/α-hetero) is 1. The zero-order valence-corrected chi connectivity index (χ0v) is 11.0. The van der Waals surface area contributed by atoms with Crippen molar-refractivity contribution in [1.82, 2.24) is 0 Å². The molecule has 3 rings (SSSR count). The zero-order chi connectivity index (χ0) is 12.0. The molecule has 1 heteroatoms. The first kappa shape index (κ1) is 11.5. The lowest BCUT2D eigenvalue weighted by Crippen LogP contribution is -2.46. The van der Waals surface area contributed by atoms with Crippen LogP contribution in [-0.2, 0) is 4.79 Å². The van der Waals surface area contributed by atoms with Gasteiger partial charge in [0.25, 0.3) is 0 Å². The molecule has 0 spiro atoms. The molecule has 0 N–H and O–H groups in total. The molecule has 0 aromatic rings. The van der Waals surface area contributed by atoms with E-state index in [2.05, 4.69) is 13.5 Å². The Balaban J connectivity index is 1.85. The predicted octanol–water partition coefficient (Wildman–Crippen LogP) is 3.98. The van der Waals surface area contributed by atoms with Crippen molar-refractivity contribution in [3.63, 3.8) is 0 Å². The zero-order valence-electron chi connectivity index (χ0n) is 11.0. The van der Waals surface area contributed by atoms with Crippen molar-refractivity contribution in [2.45, 2.75) is 51.9 Å². The molecule has 1 nitrogen and oxygen atoms in total. The summed E-state index contributed by atoms with van der Waals surface area (Å²) < 4.78 is 0. The molecule has 3 aliphatic rings. The van der Waals surface area contributed by atoms with E-state index in [0.717, 1.165) is 23.8 Å². The van der Waals surface area contributed by atoms with Crippen LogP contribution >= 0.6 is 0 Å². The normalized spacial score (nSPS) is 46.3. The van der Waals surface area contributed by atoms with Gasteiger partial charge in [0.2, 0.25) is 0 Å². The van der Waals surface area contributed by atoms with E-state index in [4.69, 9.17) is 0 Å². The molecule has 5 unspecified atom stereocenters. The molecule has 3 aliphatic carbocycles. The summed E-state index contributed by atoms with van der Waals surface area (Å²) in [6.45, 7) is 6.32. The summed E-state index contributed by atoms with van der Waals surface area (Å²) in [5.74, 6) is 3.80. The number of fused-ring (bicyclic) bond motifs is 2. The Morgan fingerprint density at radius 1 is 1.12 bits per heavy atom. The summed E-state index contributed by atoms with van der Waals surface area (Å²) in [5.41, 5.74) is 0.910. The lowest BCUT2D eigenvalue weighted by Gasteiger charge is -2.49. The van der Waals surface area contributed by atoms with Crippen LogP contribution in [0.5, 0.6) is 0 Å². The Bertz CT molecular complexity index is 343. The third kappa shape index (κ3) is 1.78. The van der Waals surface area contributed by atoms with Gasteiger partial charge in [0, 0.05) is 5.92 Å². The molecule has 0 bridgehead atoms. The van der Waals surface area contributed by atoms with Crippen LogP contribution in [0.15, 0.2) is 12.2 Å². The topological polar surface area (TPSA) is 17.1 Å². The highest BCUT2D eigenvalue weighted by atomic mass is 16.1. The van der Waals surface area contributed by atoms with Gasteiger partial charge in [-0.2, -0.15) is 0 Å². The van der Waals surface area contributed by atoms with Crippen LogP contribution in [-0.4, -0.2) is 5.78 Å². The van der Waals surface area contributed by atoms with E-state index < -0.39 is 0 Å². The van der Waals surface area contributed by atoms with Crippen LogP contribution in [0.1, 0.15) is 51.9 Å². The third-order valence-corrected chi connectivity index (χ3v) is 5.79. The van der Waals surface area contributed by atoms with Gasteiger partial charge >= 0.3 is 0 Å². The number of allylic oxidation sites excluding steroid dienone is 1. The molecule has 0 aromatic heterocycles. The van der Waals surface area contributed by atoms with E-state index in [0.29, 0.717) is 23.5 Å². The quantitative estimate of drug-likeness (QED) is 0.577. The summed E-state index contributed by atoms with van der Waals surface area (Å²) in [5, 5.41) is 0. The van der Waals surface area contributed by atoms with Crippen LogP contribution in [0.3, 0.4) is 0 Å². The van der Waals surface area contributed by atoms with Crippen molar-refractivity contribution in [2.75, 3.05) is 0 Å². The fraction of sp³-hybridized carbons (Fsp3) is 0.812. The summed E-state index contributed by atoms with van der Waals surface area (Å²) in [4.78, 5) is 12.3. The van der Waals surface area contributed by atoms with Gasteiger partial charge in [0.15, 0.2) is 5.78 Å². The van der Waals surface area contributed by atoms with E-state index in [1.807, 2.05) is 0 Å². The lowest BCUT2D eigenvalue weighted by molar-refractivity contribution is -0.129. The molecule has 17 heavy (non-hydrogen) atoms. The summed E-state index contributed by atoms with van der Waals surface area (Å²) in [6.07, 6.45) is 9.12. The average Bonchev–Trinajstić information content (AvgIpc) is 2.34. The number of carbonyl (C=O) groups excluding carboxylic acids is 1. The van der Waals surface area contributed by atoms with Gasteiger partial charge in [0.05, 0.1) is 0 Å². The molecular weight excluding hydrogens is 208 g/mol. The largest absolute Gasteiger partial charge is 0.294 e. The van der Waals surface area contributed by atoms with Crippen molar-refractivity contribution in [3.05, 3.63) is 12.2 Å². The molecule has 5 atom stereocenters. The van der Waals surface area contributed by atoms with Crippen LogP contribution in [0.2, 0.25) is 0 Å². The highest BCUT2D eigenvalue weighted by Crippen LogP contribution is 2.52. The standard InChI is InChI=1S/C16H24O/c1-10-7-8-13-9-12-5-3-4-6-14(12)11(2)15(13)16(10)17/h11-15H,1,3-9H2,2H3. The van der Waals surface area contributed by atoms with Gasteiger partial charge in [-0.3, -0.25) is 4.79 Å². The van der Waals surface area contributed by atoms with E-state index in [1.165, 1.54) is 38.5 Å². The van der Waals surface area contributed by atoms with Crippen LogP contribution in [0.25, 0.3) is 0 Å². The second-order valence-corrected chi connectivity index (χ2v) is 6.60. The number of hydrogen-bond donors (Lipinski definition) is 0. The number of hydrogen-bond acceptors (Lipinski definition) is 1. The van der Waals surface area contributed by atoms with Crippen molar-refractivity contribution < 1.29 is 4.79 Å². The smallest absolute Gasteiger partial charge is 0.161 e. The molecule has 3 fully saturated rings. The SMILES string of the molecule is C=C1CCC2CC3CCCCC3C(C)C2C1=O. The fourth-order valence-electron chi connectivity index (χ4n) is 4.92. The van der Waals surface area contributed by atoms with E-state index in [-0.39, 0.29) is 0 Å². The van der Waals surface area contributed by atoms with Gasteiger partial charge < -0.3 is 0 Å². The van der Waals surface area contributed by atoms with Crippen molar-refractivity contribution in [3.8, 4) is 0 Å². The molecule has 0 amide bonds. The minimum atomic E-state index is 0.329. The summed E-state index contributed by atoms with van der Waals surface area (Å²) in [6, 6.07) is 0. The Morgan fingerprint density at radius 3 is 2.71 bits per heavy atom. The second kappa shape index (κ2) is 4.26. The first-order valence-electron chi connectivity index (χ1n) is 7.40. The van der Waals surface area contributed by atoms with E-state index >= 15 is 0 Å². The van der Waals surface area contributed by atoms with Crippen LogP contribution < -0.4 is 0 Å². The van der Waals surface area contributed by atoms with Crippen LogP contribution in [0.4, 0.5) is 0 Å². The van der Waals surface area contributed by atoms with Crippen LogP contribution in [0, 0.1) is 29.6 Å². The monoisotopic (exact) mass is 232 g/mol. The Morgan fingerprint density at radius 2 is 1.88 bits per heavy atom. The molecule has 94 valence electrons. The molecule has 0 aromatic carbocycles. The summed E-state index contributed by atoms with van der Waals surface area (Å²) in [7, 11) is 0. The first-order valence-corrected chi connectivity index (χ1v) is 7.40. The Kier molecular flexibility index (Phi) is 2.88. The van der Waals surface area contributed by atoms with Crippen molar-refractivity contribution >= 4 is 5.78 Å². The lowest BCUT2D eigenvalue weighted by atomic mass is 9.54. The molecule has 0 aliphatic heterocycles. The molecular formula is C16H24O. The van der Waals surface area contributed by atoms with Gasteiger partial charge in [-0.25, -0.2) is 0 Å². The second-order valence-electron chi connectivity index (χ2n) is 6.60. The Hall–Kier alpha value is -0.590. The highest BCUT2D eigenvalue weighted by Gasteiger charge is 2.47. The molecule has 0 radical (unpaired) electrons. The number of ketones is 1.